The Morgan fingerprint density at radius 1 is 1.27 bits per heavy atom. The van der Waals surface area contributed by atoms with Crippen LogP contribution in [0.4, 0.5) is 8.78 Å². The molecule has 0 spiro atoms. The SMILES string of the molecule is Oc1[c]ccc(-c2ncc(F)cc2F)c1. The highest BCUT2D eigenvalue weighted by atomic mass is 19.1. The molecule has 0 atom stereocenters. The summed E-state index contributed by atoms with van der Waals surface area (Å²) in [6.45, 7) is 0. The summed E-state index contributed by atoms with van der Waals surface area (Å²) < 4.78 is 25.9. The molecule has 0 fully saturated rings. The number of aromatic hydroxyl groups is 1. The molecule has 2 rings (SSSR count). The van der Waals surface area contributed by atoms with E-state index in [2.05, 4.69) is 11.1 Å². The van der Waals surface area contributed by atoms with E-state index in [4.69, 9.17) is 5.11 Å². The predicted octanol–water partition coefficient (Wildman–Crippen LogP) is 2.53. The van der Waals surface area contributed by atoms with Crippen LogP contribution in [0.25, 0.3) is 11.3 Å². The highest BCUT2D eigenvalue weighted by Crippen LogP contribution is 2.23. The van der Waals surface area contributed by atoms with Crippen LogP contribution in [0.2, 0.25) is 0 Å². The molecule has 0 saturated heterocycles. The molecule has 0 saturated carbocycles. The first-order valence-corrected chi connectivity index (χ1v) is 4.19. The van der Waals surface area contributed by atoms with Crippen molar-refractivity contribution >= 4 is 0 Å². The third-order valence-electron chi connectivity index (χ3n) is 1.87. The number of phenolic OH excluding ortho intramolecular Hbond substituents is 1. The molecule has 1 radical (unpaired) electrons. The molecule has 2 aromatic rings. The normalized spacial score (nSPS) is 10.3. The largest absolute Gasteiger partial charge is 0.507 e. The summed E-state index contributed by atoms with van der Waals surface area (Å²) in [5.41, 5.74) is 0.379. The predicted molar refractivity (Wildman–Crippen MR) is 50.1 cm³/mol. The van der Waals surface area contributed by atoms with Crippen molar-refractivity contribution in [3.8, 4) is 17.0 Å². The average molecular weight is 206 g/mol. The molecule has 2 nitrogen and oxygen atoms in total. The van der Waals surface area contributed by atoms with Crippen LogP contribution in [0.15, 0.2) is 30.5 Å². The van der Waals surface area contributed by atoms with Crippen LogP contribution in [0.1, 0.15) is 0 Å². The number of rotatable bonds is 1. The summed E-state index contributed by atoms with van der Waals surface area (Å²) in [6.07, 6.45) is 0.923. The molecule has 0 aliphatic heterocycles. The molecule has 0 aliphatic rings. The molecule has 0 bridgehead atoms. The summed E-state index contributed by atoms with van der Waals surface area (Å²) in [6, 6.07) is 7.53. The Balaban J connectivity index is 2.54. The molecular formula is C11H6F2NO. The van der Waals surface area contributed by atoms with Gasteiger partial charge in [0.2, 0.25) is 0 Å². The van der Waals surface area contributed by atoms with E-state index in [0.29, 0.717) is 5.56 Å². The summed E-state index contributed by atoms with van der Waals surface area (Å²) in [4.78, 5) is 3.61. The molecular weight excluding hydrogens is 200 g/mol. The zero-order chi connectivity index (χ0) is 10.8. The van der Waals surface area contributed by atoms with Crippen molar-refractivity contribution in [2.45, 2.75) is 0 Å². The molecule has 4 heteroatoms. The fourth-order valence-electron chi connectivity index (χ4n) is 1.23. The highest BCUT2D eigenvalue weighted by Gasteiger charge is 2.08. The zero-order valence-corrected chi connectivity index (χ0v) is 7.54. The third-order valence-corrected chi connectivity index (χ3v) is 1.87. The Hall–Kier alpha value is -1.97. The van der Waals surface area contributed by atoms with Gasteiger partial charge in [0.15, 0.2) is 5.82 Å². The fourth-order valence-corrected chi connectivity index (χ4v) is 1.23. The second kappa shape index (κ2) is 3.65. The van der Waals surface area contributed by atoms with Crippen LogP contribution < -0.4 is 0 Å². The van der Waals surface area contributed by atoms with E-state index >= 15 is 0 Å². The van der Waals surface area contributed by atoms with E-state index < -0.39 is 11.6 Å². The van der Waals surface area contributed by atoms with Crippen molar-refractivity contribution < 1.29 is 13.9 Å². The number of pyridine rings is 1. The van der Waals surface area contributed by atoms with Gasteiger partial charge in [0, 0.05) is 17.7 Å². The van der Waals surface area contributed by atoms with Gasteiger partial charge in [-0.05, 0) is 12.1 Å². The molecule has 0 aliphatic carbocycles. The third kappa shape index (κ3) is 1.93. The highest BCUT2D eigenvalue weighted by molar-refractivity contribution is 5.61. The lowest BCUT2D eigenvalue weighted by molar-refractivity contribution is 0.474. The average Bonchev–Trinajstić information content (AvgIpc) is 2.17. The number of phenols is 1. The van der Waals surface area contributed by atoms with E-state index in [1.54, 1.807) is 0 Å². The van der Waals surface area contributed by atoms with Gasteiger partial charge < -0.3 is 5.11 Å². The molecule has 15 heavy (non-hydrogen) atoms. The first-order chi connectivity index (χ1) is 7.16. The molecule has 0 unspecified atom stereocenters. The first kappa shape index (κ1) is 9.58. The summed E-state index contributed by atoms with van der Waals surface area (Å²) in [7, 11) is 0. The standard InChI is InChI=1S/C11H6F2NO/c12-8-5-10(13)11(14-6-8)7-2-1-3-9(15)4-7/h1-2,4-6,15H. The quantitative estimate of drug-likeness (QED) is 0.777. The fraction of sp³-hybridized carbons (Fsp3) is 0. The zero-order valence-electron chi connectivity index (χ0n) is 7.54. The Kier molecular flexibility index (Phi) is 2.33. The second-order valence-corrected chi connectivity index (χ2v) is 2.95. The minimum absolute atomic E-state index is 0.000648. The van der Waals surface area contributed by atoms with Crippen LogP contribution in [0, 0.1) is 17.7 Å². The van der Waals surface area contributed by atoms with E-state index in [0.717, 1.165) is 12.3 Å². The monoisotopic (exact) mass is 206 g/mol. The lowest BCUT2D eigenvalue weighted by Crippen LogP contribution is -1.90. The van der Waals surface area contributed by atoms with Crippen LogP contribution >= 0.6 is 0 Å². The van der Waals surface area contributed by atoms with E-state index in [9.17, 15) is 8.78 Å². The van der Waals surface area contributed by atoms with Gasteiger partial charge in [-0.25, -0.2) is 8.78 Å². The minimum Gasteiger partial charge on any atom is -0.507 e. The Bertz CT molecular complexity index is 500. The van der Waals surface area contributed by atoms with Crippen molar-refractivity contribution in [2.75, 3.05) is 0 Å². The van der Waals surface area contributed by atoms with Crippen molar-refractivity contribution in [3.63, 3.8) is 0 Å². The Morgan fingerprint density at radius 3 is 2.73 bits per heavy atom. The number of nitrogens with zero attached hydrogens (tertiary/aromatic N) is 1. The Labute approximate surface area is 84.8 Å². The summed E-state index contributed by atoms with van der Waals surface area (Å²) in [5.74, 6) is -1.61. The number of aromatic nitrogens is 1. The van der Waals surface area contributed by atoms with Gasteiger partial charge in [-0.2, -0.15) is 0 Å². The maximum atomic E-state index is 13.3. The van der Waals surface area contributed by atoms with Gasteiger partial charge in [-0.15, -0.1) is 0 Å². The Morgan fingerprint density at radius 2 is 2.07 bits per heavy atom. The number of benzene rings is 1. The lowest BCUT2D eigenvalue weighted by Gasteiger charge is -2.02. The van der Waals surface area contributed by atoms with E-state index in [1.165, 1.54) is 18.2 Å². The summed E-state index contributed by atoms with van der Waals surface area (Å²) >= 11 is 0. The van der Waals surface area contributed by atoms with Gasteiger partial charge >= 0.3 is 0 Å². The second-order valence-electron chi connectivity index (χ2n) is 2.95. The number of hydrogen-bond donors (Lipinski definition) is 1. The van der Waals surface area contributed by atoms with Crippen molar-refractivity contribution in [2.24, 2.45) is 0 Å². The van der Waals surface area contributed by atoms with E-state index in [-0.39, 0.29) is 11.4 Å². The van der Waals surface area contributed by atoms with Crippen LogP contribution in [0.3, 0.4) is 0 Å². The van der Waals surface area contributed by atoms with Crippen molar-refractivity contribution in [1.82, 2.24) is 4.98 Å². The lowest BCUT2D eigenvalue weighted by atomic mass is 10.1. The van der Waals surface area contributed by atoms with Crippen LogP contribution in [0.5, 0.6) is 5.75 Å². The van der Waals surface area contributed by atoms with Gasteiger partial charge in [-0.3, -0.25) is 4.98 Å². The van der Waals surface area contributed by atoms with Gasteiger partial charge in [0.05, 0.1) is 6.20 Å². The molecule has 1 aromatic heterocycles. The van der Waals surface area contributed by atoms with Gasteiger partial charge in [0.1, 0.15) is 17.3 Å². The minimum atomic E-state index is -0.763. The maximum absolute atomic E-state index is 13.3. The van der Waals surface area contributed by atoms with E-state index in [1.807, 2.05) is 0 Å². The summed E-state index contributed by atoms with van der Waals surface area (Å²) in [5, 5.41) is 9.14. The smallest absolute Gasteiger partial charge is 0.152 e. The maximum Gasteiger partial charge on any atom is 0.152 e. The van der Waals surface area contributed by atoms with Crippen LogP contribution in [-0.4, -0.2) is 10.1 Å². The number of halogens is 2. The van der Waals surface area contributed by atoms with Gasteiger partial charge in [0.25, 0.3) is 0 Å². The molecule has 1 heterocycles. The van der Waals surface area contributed by atoms with Crippen molar-refractivity contribution in [1.29, 1.82) is 0 Å². The molecule has 1 aromatic carbocycles. The number of hydrogen-bond acceptors (Lipinski definition) is 2. The van der Waals surface area contributed by atoms with Crippen molar-refractivity contribution in [3.05, 3.63) is 48.2 Å². The molecule has 1 N–H and O–H groups in total. The molecule has 0 amide bonds. The topological polar surface area (TPSA) is 33.1 Å². The molecule has 75 valence electrons. The van der Waals surface area contributed by atoms with Crippen LogP contribution in [-0.2, 0) is 0 Å². The van der Waals surface area contributed by atoms with Gasteiger partial charge in [-0.1, -0.05) is 6.07 Å². The first-order valence-electron chi connectivity index (χ1n) is 4.19.